The number of hydrogen-bond donors (Lipinski definition) is 1. The summed E-state index contributed by atoms with van der Waals surface area (Å²) in [4.78, 5) is 14.5. The Morgan fingerprint density at radius 3 is 2.63 bits per heavy atom. The molecular formula is C23H33FN4O2. The molecule has 1 aromatic heterocycles. The van der Waals surface area contributed by atoms with E-state index in [0.717, 1.165) is 38.5 Å². The van der Waals surface area contributed by atoms with Gasteiger partial charge < -0.3 is 5.11 Å². The zero-order valence-electron chi connectivity index (χ0n) is 17.8. The maximum absolute atomic E-state index is 13.5. The molecule has 0 spiro atoms. The van der Waals surface area contributed by atoms with Gasteiger partial charge in [-0.3, -0.25) is 9.18 Å². The fraction of sp³-hybridized carbons (Fsp3) is 0.913. The molecule has 0 radical (unpaired) electrons. The Balaban J connectivity index is 1.20. The molecule has 1 aromatic rings. The van der Waals surface area contributed by atoms with Gasteiger partial charge in [-0.2, -0.15) is 4.80 Å². The summed E-state index contributed by atoms with van der Waals surface area (Å²) in [6, 6.07) is 0. The predicted molar refractivity (Wildman–Crippen MR) is 107 cm³/mol. The number of nitrogens with zero attached hydrogens (tertiary/aromatic N) is 4. The van der Waals surface area contributed by atoms with Gasteiger partial charge in [-0.25, -0.2) is 0 Å². The van der Waals surface area contributed by atoms with Crippen molar-refractivity contribution in [3.05, 3.63) is 6.33 Å². The molecule has 7 heteroatoms. The molecule has 0 amide bonds. The summed E-state index contributed by atoms with van der Waals surface area (Å²) in [5.74, 6) is 3.67. The summed E-state index contributed by atoms with van der Waals surface area (Å²) in [6.45, 7) is 2.24. The Hall–Kier alpha value is -1.37. The number of carbonyl (C=O) groups is 1. The molecule has 164 valence electrons. The molecule has 5 saturated carbocycles. The minimum Gasteiger partial charge on any atom is -0.389 e. The van der Waals surface area contributed by atoms with Crippen LogP contribution >= 0.6 is 0 Å². The minimum absolute atomic E-state index is 0.0854. The monoisotopic (exact) mass is 416 g/mol. The van der Waals surface area contributed by atoms with Crippen molar-refractivity contribution >= 4 is 5.78 Å². The van der Waals surface area contributed by atoms with E-state index in [2.05, 4.69) is 22.3 Å². The van der Waals surface area contributed by atoms with Crippen LogP contribution in [-0.2, 0) is 11.3 Å². The number of aromatic nitrogens is 4. The van der Waals surface area contributed by atoms with Crippen LogP contribution < -0.4 is 0 Å². The smallest absolute Gasteiger partial charge is 0.162 e. The van der Waals surface area contributed by atoms with Crippen LogP contribution in [0.2, 0.25) is 0 Å². The van der Waals surface area contributed by atoms with Gasteiger partial charge in [-0.1, -0.05) is 6.92 Å². The van der Waals surface area contributed by atoms with Crippen LogP contribution in [-0.4, -0.2) is 43.4 Å². The van der Waals surface area contributed by atoms with Crippen LogP contribution in [0.5, 0.6) is 0 Å². The van der Waals surface area contributed by atoms with Crippen molar-refractivity contribution in [3.63, 3.8) is 0 Å². The summed E-state index contributed by atoms with van der Waals surface area (Å²) in [6.07, 6.45) is 10.0. The number of alkyl halides is 1. The molecule has 30 heavy (non-hydrogen) atoms. The van der Waals surface area contributed by atoms with Crippen molar-refractivity contribution in [2.24, 2.45) is 52.8 Å². The number of rotatable bonds is 4. The lowest BCUT2D eigenvalue weighted by atomic mass is 9.49. The molecule has 1 N–H and O–H groups in total. The number of tetrazole rings is 1. The summed E-state index contributed by atoms with van der Waals surface area (Å²) in [7, 11) is 0. The molecule has 10 atom stereocenters. The zero-order valence-corrected chi connectivity index (χ0v) is 17.8. The number of aliphatic hydroxyl groups is 1. The number of ketones is 1. The van der Waals surface area contributed by atoms with Crippen LogP contribution in [0.25, 0.3) is 0 Å². The van der Waals surface area contributed by atoms with Crippen molar-refractivity contribution in [2.45, 2.75) is 70.4 Å². The Morgan fingerprint density at radius 2 is 1.87 bits per heavy atom. The third-order valence-corrected chi connectivity index (χ3v) is 10.6. The number of Topliss-reactive ketones (excluding diaryl/α,β-unsaturated/α-hetero) is 1. The van der Waals surface area contributed by atoms with E-state index in [4.69, 9.17) is 0 Å². The maximum Gasteiger partial charge on any atom is 0.162 e. The maximum atomic E-state index is 13.5. The summed E-state index contributed by atoms with van der Waals surface area (Å²) >= 11 is 0. The van der Waals surface area contributed by atoms with Gasteiger partial charge in [-0.05, 0) is 97.5 Å². The van der Waals surface area contributed by atoms with Gasteiger partial charge in [0, 0.05) is 11.8 Å². The average molecular weight is 417 g/mol. The second-order valence-electron chi connectivity index (χ2n) is 11.3. The van der Waals surface area contributed by atoms with Gasteiger partial charge in [0.1, 0.15) is 6.54 Å². The van der Waals surface area contributed by atoms with E-state index < -0.39 is 5.60 Å². The highest BCUT2D eigenvalue weighted by Gasteiger charge is 2.71. The van der Waals surface area contributed by atoms with Crippen molar-refractivity contribution in [3.8, 4) is 0 Å². The van der Waals surface area contributed by atoms with E-state index in [9.17, 15) is 14.3 Å². The van der Waals surface area contributed by atoms with Crippen molar-refractivity contribution < 1.29 is 14.3 Å². The largest absolute Gasteiger partial charge is 0.389 e. The number of carbonyl (C=O) groups excluding carboxylic acids is 1. The van der Waals surface area contributed by atoms with Crippen LogP contribution in [0.15, 0.2) is 6.33 Å². The highest BCUT2D eigenvalue weighted by atomic mass is 19.1. The van der Waals surface area contributed by atoms with Crippen LogP contribution in [0, 0.1) is 52.8 Å². The molecule has 6 rings (SSSR count). The average Bonchev–Trinajstić information content (AvgIpc) is 3.04. The minimum atomic E-state index is -0.688. The zero-order chi connectivity index (χ0) is 20.7. The number of fused-ring (bicyclic) bond motifs is 7. The predicted octanol–water partition coefficient (Wildman–Crippen LogP) is 3.07. The topological polar surface area (TPSA) is 80.9 Å². The van der Waals surface area contributed by atoms with Crippen molar-refractivity contribution in [1.82, 2.24) is 20.2 Å². The van der Waals surface area contributed by atoms with Gasteiger partial charge >= 0.3 is 0 Å². The molecule has 5 aliphatic carbocycles. The lowest BCUT2D eigenvalue weighted by Gasteiger charge is -2.55. The second-order valence-corrected chi connectivity index (χ2v) is 11.3. The van der Waals surface area contributed by atoms with Crippen molar-refractivity contribution in [1.29, 1.82) is 0 Å². The summed E-state index contributed by atoms with van der Waals surface area (Å²) in [5.41, 5.74) is -0.603. The fourth-order valence-electron chi connectivity index (χ4n) is 9.28. The molecule has 0 saturated heterocycles. The number of hydrogen-bond acceptors (Lipinski definition) is 5. The Morgan fingerprint density at radius 1 is 1.10 bits per heavy atom. The first-order chi connectivity index (χ1) is 14.5. The SMILES string of the molecule is C[C@]12CC[C@@H]3[C@H]4CC[C@]5(O)C(CF)C5[C@H]4CC[C@H]3[C@@H]1CC[C@@H]2C(=O)Cn1ncnn1. The molecule has 5 fully saturated rings. The van der Waals surface area contributed by atoms with E-state index in [-0.39, 0.29) is 42.2 Å². The van der Waals surface area contributed by atoms with E-state index in [1.807, 2.05) is 0 Å². The molecule has 1 heterocycles. The molecule has 6 nitrogen and oxygen atoms in total. The molecule has 5 aliphatic rings. The molecule has 0 bridgehead atoms. The first-order valence-electron chi connectivity index (χ1n) is 12.0. The Kier molecular flexibility index (Phi) is 4.23. The van der Waals surface area contributed by atoms with Crippen LogP contribution in [0.3, 0.4) is 0 Å². The Bertz CT molecular complexity index is 833. The quantitative estimate of drug-likeness (QED) is 0.816. The summed E-state index contributed by atoms with van der Waals surface area (Å²) in [5, 5.41) is 22.5. The first kappa shape index (κ1) is 19.3. The highest BCUT2D eigenvalue weighted by molar-refractivity contribution is 5.81. The first-order valence-corrected chi connectivity index (χ1v) is 12.0. The lowest BCUT2D eigenvalue weighted by Crippen LogP contribution is -2.50. The van der Waals surface area contributed by atoms with Gasteiger partial charge in [0.2, 0.25) is 0 Å². The lowest BCUT2D eigenvalue weighted by molar-refractivity contribution is -0.132. The molecule has 0 aliphatic heterocycles. The van der Waals surface area contributed by atoms with E-state index in [0.29, 0.717) is 29.6 Å². The van der Waals surface area contributed by atoms with Crippen LogP contribution in [0.4, 0.5) is 4.39 Å². The van der Waals surface area contributed by atoms with E-state index in [1.165, 1.54) is 24.0 Å². The standard InChI is InChI=1S/C23H33FN4O2/c1-22-8-6-13-14-7-9-23(30)19(10-24)21(23)16(14)3-2-15(13)17(22)4-5-18(22)20(29)11-28-26-12-25-27-28/h12-19,21,30H,2-11H2,1H3/t13-,14-,15-,16+,17+,18-,19?,21?,22+,23+/m1/s1. The molecular weight excluding hydrogens is 383 g/mol. The summed E-state index contributed by atoms with van der Waals surface area (Å²) < 4.78 is 13.5. The fourth-order valence-corrected chi connectivity index (χ4v) is 9.28. The number of halogens is 1. The van der Waals surface area contributed by atoms with Gasteiger partial charge in [0.05, 0.1) is 12.3 Å². The Labute approximate surface area is 177 Å². The van der Waals surface area contributed by atoms with Gasteiger partial charge in [0.25, 0.3) is 0 Å². The molecule has 2 unspecified atom stereocenters. The van der Waals surface area contributed by atoms with E-state index >= 15 is 0 Å². The third kappa shape index (κ3) is 2.50. The molecule has 0 aromatic carbocycles. The van der Waals surface area contributed by atoms with Gasteiger partial charge in [-0.15, -0.1) is 10.2 Å². The third-order valence-electron chi connectivity index (χ3n) is 10.6. The highest BCUT2D eigenvalue weighted by Crippen LogP contribution is 2.70. The second kappa shape index (κ2) is 6.57. The van der Waals surface area contributed by atoms with Crippen LogP contribution in [0.1, 0.15) is 58.3 Å². The van der Waals surface area contributed by atoms with Gasteiger partial charge in [0.15, 0.2) is 12.1 Å². The normalized spacial score (nSPS) is 51.4. The van der Waals surface area contributed by atoms with E-state index in [1.54, 1.807) is 0 Å². The van der Waals surface area contributed by atoms with Crippen molar-refractivity contribution in [2.75, 3.05) is 6.67 Å².